The molecule has 1 aromatic carbocycles. The van der Waals surface area contributed by atoms with Crippen LogP contribution in [-0.4, -0.2) is 11.5 Å². The molecule has 0 aliphatic rings. The first-order valence-electron chi connectivity index (χ1n) is 6.73. The first-order chi connectivity index (χ1) is 9.63. The van der Waals surface area contributed by atoms with Crippen molar-refractivity contribution < 1.29 is 4.39 Å². The Balaban J connectivity index is 2.41. The number of pyridine rings is 1. The van der Waals surface area contributed by atoms with Crippen molar-refractivity contribution in [2.75, 3.05) is 6.54 Å². The van der Waals surface area contributed by atoms with Gasteiger partial charge in [0.2, 0.25) is 0 Å². The van der Waals surface area contributed by atoms with Crippen LogP contribution < -0.4 is 5.32 Å². The number of nitrogens with one attached hydrogen (secondary N) is 1. The molecule has 0 saturated heterocycles. The van der Waals surface area contributed by atoms with Gasteiger partial charge in [-0.3, -0.25) is 4.98 Å². The summed E-state index contributed by atoms with van der Waals surface area (Å²) in [5.41, 5.74) is 2.42. The molecule has 1 N–H and O–H groups in total. The minimum Gasteiger partial charge on any atom is -0.305 e. The molecule has 0 saturated carbocycles. The average molecular weight is 337 g/mol. The second-order valence-electron chi connectivity index (χ2n) is 4.77. The maximum absolute atomic E-state index is 13.8. The molecule has 1 unspecified atom stereocenters. The summed E-state index contributed by atoms with van der Waals surface area (Å²) in [7, 11) is 0. The Hall–Kier alpha value is -1.26. The quantitative estimate of drug-likeness (QED) is 0.876. The van der Waals surface area contributed by atoms with Gasteiger partial charge in [-0.25, -0.2) is 4.39 Å². The second-order valence-corrected chi connectivity index (χ2v) is 5.62. The Bertz CT molecular complexity index is 586. The summed E-state index contributed by atoms with van der Waals surface area (Å²) in [6.07, 6.45) is 2.76. The summed E-state index contributed by atoms with van der Waals surface area (Å²) >= 11 is 3.52. The standard InChI is InChI=1S/C16H18BrFN2/c1-3-8-19-15(16-13(17)5-4-9-20-16)12-7-6-11(2)14(18)10-12/h4-7,9-10,15,19H,3,8H2,1-2H3. The van der Waals surface area contributed by atoms with E-state index in [1.165, 1.54) is 0 Å². The molecule has 0 aliphatic heterocycles. The molecular weight excluding hydrogens is 319 g/mol. The molecule has 1 atom stereocenters. The molecule has 20 heavy (non-hydrogen) atoms. The molecule has 4 heteroatoms. The number of hydrogen-bond acceptors (Lipinski definition) is 2. The van der Waals surface area contributed by atoms with Gasteiger partial charge in [-0.15, -0.1) is 0 Å². The highest BCUT2D eigenvalue weighted by molar-refractivity contribution is 9.10. The van der Waals surface area contributed by atoms with Gasteiger partial charge in [-0.2, -0.15) is 0 Å². The van der Waals surface area contributed by atoms with Crippen LogP contribution in [0.25, 0.3) is 0 Å². The number of halogens is 2. The van der Waals surface area contributed by atoms with E-state index in [4.69, 9.17) is 0 Å². The number of benzene rings is 1. The summed E-state index contributed by atoms with van der Waals surface area (Å²) in [4.78, 5) is 4.43. The van der Waals surface area contributed by atoms with E-state index in [0.717, 1.165) is 28.7 Å². The van der Waals surface area contributed by atoms with E-state index in [9.17, 15) is 4.39 Å². The van der Waals surface area contributed by atoms with Gasteiger partial charge in [0.05, 0.1) is 11.7 Å². The predicted octanol–water partition coefficient (Wildman–Crippen LogP) is 4.38. The fraction of sp³-hybridized carbons (Fsp3) is 0.312. The monoisotopic (exact) mass is 336 g/mol. The third kappa shape index (κ3) is 3.44. The van der Waals surface area contributed by atoms with Crippen molar-refractivity contribution in [1.29, 1.82) is 0 Å². The highest BCUT2D eigenvalue weighted by atomic mass is 79.9. The van der Waals surface area contributed by atoms with Crippen molar-refractivity contribution in [3.8, 4) is 0 Å². The zero-order valence-electron chi connectivity index (χ0n) is 11.7. The summed E-state index contributed by atoms with van der Waals surface area (Å²) in [5.74, 6) is -0.183. The van der Waals surface area contributed by atoms with Crippen LogP contribution >= 0.6 is 15.9 Å². The smallest absolute Gasteiger partial charge is 0.126 e. The van der Waals surface area contributed by atoms with E-state index in [1.807, 2.05) is 24.3 Å². The van der Waals surface area contributed by atoms with Crippen molar-refractivity contribution in [2.45, 2.75) is 26.3 Å². The highest BCUT2D eigenvalue weighted by Gasteiger charge is 2.18. The van der Waals surface area contributed by atoms with Crippen LogP contribution in [0.5, 0.6) is 0 Å². The summed E-state index contributed by atoms with van der Waals surface area (Å²) in [6.45, 7) is 4.72. The van der Waals surface area contributed by atoms with Crippen LogP contribution in [0.15, 0.2) is 41.0 Å². The van der Waals surface area contributed by atoms with Gasteiger partial charge in [0.15, 0.2) is 0 Å². The summed E-state index contributed by atoms with van der Waals surface area (Å²) in [5, 5.41) is 3.43. The van der Waals surface area contributed by atoms with Crippen molar-refractivity contribution in [2.24, 2.45) is 0 Å². The molecule has 2 rings (SSSR count). The highest BCUT2D eigenvalue weighted by Crippen LogP contribution is 2.27. The van der Waals surface area contributed by atoms with Gasteiger partial charge in [0.1, 0.15) is 5.82 Å². The largest absolute Gasteiger partial charge is 0.305 e. The van der Waals surface area contributed by atoms with Gasteiger partial charge in [0.25, 0.3) is 0 Å². The minimum atomic E-state index is -0.183. The lowest BCUT2D eigenvalue weighted by molar-refractivity contribution is 0.572. The van der Waals surface area contributed by atoms with Crippen LogP contribution in [0.4, 0.5) is 4.39 Å². The molecule has 0 bridgehead atoms. The molecule has 0 spiro atoms. The van der Waals surface area contributed by atoms with Gasteiger partial charge >= 0.3 is 0 Å². The molecule has 0 aliphatic carbocycles. The molecule has 0 fully saturated rings. The Morgan fingerprint density at radius 1 is 1.35 bits per heavy atom. The Morgan fingerprint density at radius 3 is 2.80 bits per heavy atom. The molecular formula is C16H18BrFN2. The number of aromatic nitrogens is 1. The van der Waals surface area contributed by atoms with Gasteiger partial charge < -0.3 is 5.32 Å². The first-order valence-corrected chi connectivity index (χ1v) is 7.52. The average Bonchev–Trinajstić information content (AvgIpc) is 2.44. The minimum absolute atomic E-state index is 0.111. The van der Waals surface area contributed by atoms with Gasteiger partial charge in [-0.05, 0) is 65.1 Å². The predicted molar refractivity (Wildman–Crippen MR) is 83.2 cm³/mol. The van der Waals surface area contributed by atoms with E-state index < -0.39 is 0 Å². The number of rotatable bonds is 5. The van der Waals surface area contributed by atoms with Crippen molar-refractivity contribution in [3.63, 3.8) is 0 Å². The number of hydrogen-bond donors (Lipinski definition) is 1. The first kappa shape index (κ1) is 15.1. The van der Waals surface area contributed by atoms with E-state index in [2.05, 4.69) is 33.2 Å². The topological polar surface area (TPSA) is 24.9 Å². The molecule has 0 radical (unpaired) electrons. The van der Waals surface area contributed by atoms with Crippen LogP contribution in [0.3, 0.4) is 0 Å². The summed E-state index contributed by atoms with van der Waals surface area (Å²) < 4.78 is 14.7. The lowest BCUT2D eigenvalue weighted by Gasteiger charge is -2.20. The Morgan fingerprint density at radius 2 is 2.15 bits per heavy atom. The van der Waals surface area contributed by atoms with Gasteiger partial charge in [-0.1, -0.05) is 19.1 Å². The van der Waals surface area contributed by atoms with Crippen molar-refractivity contribution in [3.05, 3.63) is 63.6 Å². The SMILES string of the molecule is CCCNC(c1ccc(C)c(F)c1)c1ncccc1Br. The lowest BCUT2D eigenvalue weighted by Crippen LogP contribution is -2.24. The Kier molecular flexibility index (Phi) is 5.26. The fourth-order valence-corrected chi connectivity index (χ4v) is 2.54. The number of aryl methyl sites for hydroxylation is 1. The third-order valence-electron chi connectivity index (χ3n) is 3.19. The van der Waals surface area contributed by atoms with E-state index in [0.29, 0.717) is 5.56 Å². The maximum Gasteiger partial charge on any atom is 0.126 e. The van der Waals surface area contributed by atoms with Crippen molar-refractivity contribution >= 4 is 15.9 Å². The lowest BCUT2D eigenvalue weighted by atomic mass is 10.0. The molecule has 1 heterocycles. The van der Waals surface area contributed by atoms with E-state index >= 15 is 0 Å². The normalized spacial score (nSPS) is 12.4. The van der Waals surface area contributed by atoms with Gasteiger partial charge in [0, 0.05) is 10.7 Å². The molecule has 1 aromatic heterocycles. The Labute approximate surface area is 127 Å². The molecule has 0 amide bonds. The van der Waals surface area contributed by atoms with E-state index in [1.54, 1.807) is 19.2 Å². The fourth-order valence-electron chi connectivity index (χ4n) is 2.06. The molecule has 106 valence electrons. The zero-order valence-corrected chi connectivity index (χ0v) is 13.2. The zero-order chi connectivity index (χ0) is 14.5. The molecule has 2 nitrogen and oxygen atoms in total. The number of nitrogens with zero attached hydrogens (tertiary/aromatic N) is 1. The van der Waals surface area contributed by atoms with Crippen LogP contribution in [0.1, 0.15) is 36.2 Å². The van der Waals surface area contributed by atoms with Crippen molar-refractivity contribution in [1.82, 2.24) is 10.3 Å². The second kappa shape index (κ2) is 6.95. The van der Waals surface area contributed by atoms with Crippen LogP contribution in [-0.2, 0) is 0 Å². The van der Waals surface area contributed by atoms with Crippen LogP contribution in [0, 0.1) is 12.7 Å². The van der Waals surface area contributed by atoms with Crippen LogP contribution in [0.2, 0.25) is 0 Å². The maximum atomic E-state index is 13.8. The third-order valence-corrected chi connectivity index (χ3v) is 3.86. The molecule has 2 aromatic rings. The summed E-state index contributed by atoms with van der Waals surface area (Å²) in [6, 6.07) is 9.06. The van der Waals surface area contributed by atoms with E-state index in [-0.39, 0.29) is 11.9 Å².